The Balaban J connectivity index is 0.735. The number of carbonyl (C=O) groups is 5. The molecule has 3 N–H and O–H groups in total. The summed E-state index contributed by atoms with van der Waals surface area (Å²) in [5.74, 6) is -2.87. The molecule has 342 valence electrons. The average Bonchev–Trinajstić information content (AvgIpc) is 4.13. The Morgan fingerprint density at radius 2 is 1.70 bits per heavy atom. The first kappa shape index (κ1) is 43.2. The largest absolute Gasteiger partial charge is 0.480 e. The minimum atomic E-state index is -1.23. The van der Waals surface area contributed by atoms with E-state index in [0.717, 1.165) is 30.8 Å². The number of piperazine rings is 1. The quantitative estimate of drug-likeness (QED) is 0.155. The summed E-state index contributed by atoms with van der Waals surface area (Å²) in [5, 5.41) is 18.6. The maximum Gasteiger partial charge on any atom is 0.267 e. The van der Waals surface area contributed by atoms with Crippen molar-refractivity contribution in [2.45, 2.75) is 75.8 Å². The maximum absolute atomic E-state index is 16.0. The molecule has 2 unspecified atom stereocenters. The number of imide groups is 1. The smallest absolute Gasteiger partial charge is 0.267 e. The predicted molar refractivity (Wildman–Crippen MR) is 239 cm³/mol. The number of imidazole rings is 1. The number of carbonyl (C=O) groups excluding carboxylic acids is 5. The zero-order chi connectivity index (χ0) is 45.7. The number of nitrogens with zero attached hydrogens (tertiary/aromatic N) is 7. The van der Waals surface area contributed by atoms with Gasteiger partial charge < -0.3 is 34.0 Å². The number of rotatable bonds is 11. The van der Waals surface area contributed by atoms with E-state index in [-0.39, 0.29) is 67.3 Å². The van der Waals surface area contributed by atoms with Crippen LogP contribution < -0.4 is 25.2 Å². The van der Waals surface area contributed by atoms with Crippen molar-refractivity contribution in [1.82, 2.24) is 29.7 Å². The Bertz CT molecular complexity index is 2710. The van der Waals surface area contributed by atoms with Gasteiger partial charge in [0.2, 0.25) is 11.8 Å². The van der Waals surface area contributed by atoms with E-state index in [4.69, 9.17) is 4.74 Å². The zero-order valence-corrected chi connectivity index (χ0v) is 36.7. The van der Waals surface area contributed by atoms with Crippen LogP contribution in [-0.2, 0) is 38.7 Å². The minimum Gasteiger partial charge on any atom is -0.480 e. The number of thiazole rings is 1. The topological polar surface area (TPSA) is 183 Å². The van der Waals surface area contributed by atoms with Crippen molar-refractivity contribution in [2.75, 3.05) is 54.4 Å². The second-order valence-electron chi connectivity index (χ2n) is 17.5. The van der Waals surface area contributed by atoms with Crippen LogP contribution in [0.25, 0.3) is 11.1 Å². The predicted octanol–water partition coefficient (Wildman–Crippen LogP) is 4.82. The van der Waals surface area contributed by atoms with E-state index in [1.807, 2.05) is 33.7 Å². The summed E-state index contributed by atoms with van der Waals surface area (Å²) in [7, 11) is 0. The molecule has 5 amide bonds. The van der Waals surface area contributed by atoms with Gasteiger partial charge in [-0.1, -0.05) is 12.1 Å². The summed E-state index contributed by atoms with van der Waals surface area (Å²) < 4.78 is 38.8. The molecule has 0 saturated carbocycles. The Morgan fingerprint density at radius 3 is 2.42 bits per heavy atom. The molecule has 7 heterocycles. The molecule has 0 aliphatic carbocycles. The normalized spacial score (nSPS) is 19.7. The summed E-state index contributed by atoms with van der Waals surface area (Å²) in [5.41, 5.74) is 3.06. The third-order valence-corrected chi connectivity index (χ3v) is 14.1. The van der Waals surface area contributed by atoms with Gasteiger partial charge >= 0.3 is 0 Å². The van der Waals surface area contributed by atoms with Crippen LogP contribution in [0.4, 0.5) is 25.3 Å². The molecule has 0 bridgehead atoms. The Kier molecular flexibility index (Phi) is 11.5. The van der Waals surface area contributed by atoms with Crippen LogP contribution in [0, 0.1) is 11.6 Å². The van der Waals surface area contributed by atoms with E-state index in [1.165, 1.54) is 28.4 Å². The number of amides is 5. The van der Waals surface area contributed by atoms with Crippen LogP contribution in [0.15, 0.2) is 72.5 Å². The van der Waals surface area contributed by atoms with Crippen molar-refractivity contribution in [3.63, 3.8) is 0 Å². The Hall–Kier alpha value is -6.73. The molecule has 2 aromatic heterocycles. The number of halogens is 2. The fourth-order valence-corrected chi connectivity index (χ4v) is 10.3. The molecule has 0 radical (unpaired) electrons. The van der Waals surface area contributed by atoms with E-state index >= 15 is 8.78 Å². The van der Waals surface area contributed by atoms with Crippen LogP contribution >= 0.6 is 11.3 Å². The van der Waals surface area contributed by atoms with Crippen molar-refractivity contribution < 1.29 is 42.6 Å². The molecule has 10 rings (SSSR count). The first-order chi connectivity index (χ1) is 31.9. The third kappa shape index (κ3) is 8.48. The standard InChI is InChI=1S/C47H47F2N9O7S/c48-34-23-29(22-32-33(34)26-58(45(32)63)42(44(62)53-46-50-13-21-66-46)41-37-2-1-14-57(37)27-51-41)28-3-5-30(6-4-28)54-17-19-56(20-18-54)40(60)25-47(64)11-15-55(16-12-47)36-8-7-31(24-35(36)49)65-38-9-10-39(59)52-43(38)61/h3-8,13,21-24,27,38,42,64H,1-2,9-12,14-20,25-26H2,(H,50,53,62)(H,52,59,61). The molecule has 5 aromatic rings. The van der Waals surface area contributed by atoms with Crippen LogP contribution in [-0.4, -0.2) is 110 Å². The lowest BCUT2D eigenvalue weighted by molar-refractivity contribution is -0.139. The second kappa shape index (κ2) is 17.6. The minimum absolute atomic E-state index is 0.0414. The van der Waals surface area contributed by atoms with Crippen LogP contribution in [0.2, 0.25) is 0 Å². The number of aliphatic hydroxyl groups is 1. The number of piperidine rings is 2. The van der Waals surface area contributed by atoms with E-state index in [9.17, 15) is 29.1 Å². The lowest BCUT2D eigenvalue weighted by atomic mass is 9.87. The molecule has 5 aliphatic heterocycles. The number of nitrogens with one attached hydrogen (secondary N) is 2. The van der Waals surface area contributed by atoms with Gasteiger partial charge in [-0.05, 0) is 73.2 Å². The van der Waals surface area contributed by atoms with Gasteiger partial charge in [0.05, 0.1) is 36.3 Å². The van der Waals surface area contributed by atoms with Crippen LogP contribution in [0.5, 0.6) is 5.75 Å². The molecule has 5 aliphatic rings. The van der Waals surface area contributed by atoms with Gasteiger partial charge in [0, 0.05) is 98.8 Å². The average molecular weight is 920 g/mol. The third-order valence-electron chi connectivity index (χ3n) is 13.4. The number of ether oxygens (including phenoxy) is 1. The highest BCUT2D eigenvalue weighted by atomic mass is 32.1. The lowest BCUT2D eigenvalue weighted by Gasteiger charge is -2.41. The molecule has 3 fully saturated rings. The number of hydrogen-bond donors (Lipinski definition) is 3. The van der Waals surface area contributed by atoms with Crippen molar-refractivity contribution in [2.24, 2.45) is 0 Å². The molecular formula is C47H47F2N9O7S. The number of benzene rings is 3. The first-order valence-corrected chi connectivity index (χ1v) is 23.1. The van der Waals surface area contributed by atoms with Gasteiger partial charge in [-0.25, -0.2) is 18.7 Å². The second-order valence-corrected chi connectivity index (χ2v) is 18.4. The van der Waals surface area contributed by atoms with E-state index in [2.05, 4.69) is 25.5 Å². The van der Waals surface area contributed by atoms with Gasteiger partial charge in [0.15, 0.2) is 17.3 Å². The van der Waals surface area contributed by atoms with Crippen LogP contribution in [0.3, 0.4) is 0 Å². The Morgan fingerprint density at radius 1 is 0.909 bits per heavy atom. The van der Waals surface area contributed by atoms with E-state index in [1.54, 1.807) is 41.0 Å². The lowest BCUT2D eigenvalue weighted by Crippen LogP contribution is -2.52. The van der Waals surface area contributed by atoms with Gasteiger partial charge in [0.25, 0.3) is 17.7 Å². The molecule has 16 nitrogen and oxygen atoms in total. The van der Waals surface area contributed by atoms with Crippen molar-refractivity contribution in [3.05, 3.63) is 107 Å². The highest BCUT2D eigenvalue weighted by Gasteiger charge is 2.43. The fourth-order valence-electron chi connectivity index (χ4n) is 9.75. The van der Waals surface area contributed by atoms with E-state index < -0.39 is 47.1 Å². The number of anilines is 3. The number of hydrogen-bond acceptors (Lipinski definition) is 12. The van der Waals surface area contributed by atoms with Gasteiger partial charge in [-0.15, -0.1) is 11.3 Å². The summed E-state index contributed by atoms with van der Waals surface area (Å²) in [4.78, 5) is 80.9. The van der Waals surface area contributed by atoms with Gasteiger partial charge in [0.1, 0.15) is 17.4 Å². The summed E-state index contributed by atoms with van der Waals surface area (Å²) in [6, 6.07) is 14.0. The molecular weight excluding hydrogens is 873 g/mol. The molecule has 3 saturated heterocycles. The molecule has 66 heavy (non-hydrogen) atoms. The van der Waals surface area contributed by atoms with Crippen LogP contribution in [0.1, 0.15) is 71.9 Å². The highest BCUT2D eigenvalue weighted by Crippen LogP contribution is 2.39. The summed E-state index contributed by atoms with van der Waals surface area (Å²) in [6.45, 7) is 3.41. The molecule has 3 aromatic carbocycles. The van der Waals surface area contributed by atoms with Crippen molar-refractivity contribution in [3.8, 4) is 16.9 Å². The maximum atomic E-state index is 16.0. The van der Waals surface area contributed by atoms with Crippen molar-refractivity contribution in [1.29, 1.82) is 0 Å². The van der Waals surface area contributed by atoms with Crippen molar-refractivity contribution >= 4 is 57.4 Å². The van der Waals surface area contributed by atoms with Gasteiger partial charge in [-0.2, -0.15) is 0 Å². The SMILES string of the molecule is O=C1CCC(Oc2ccc(N3CCC(O)(CC(=O)N4CCN(c5ccc(-c6cc(F)c7c(c6)C(=O)N(C(C(=O)Nc6nccs6)c6ncn8c6CCC8)C7)cc5)CC4)CC3)c(F)c2)C(=O)N1. The van der Waals surface area contributed by atoms with Gasteiger partial charge in [-0.3, -0.25) is 34.6 Å². The number of fused-ring (bicyclic) bond motifs is 2. The van der Waals surface area contributed by atoms with E-state index in [0.29, 0.717) is 66.9 Å². The Labute approximate surface area is 382 Å². The zero-order valence-electron chi connectivity index (χ0n) is 35.9. The summed E-state index contributed by atoms with van der Waals surface area (Å²) in [6.07, 6.45) is 4.89. The number of aryl methyl sites for hydroxylation is 1. The summed E-state index contributed by atoms with van der Waals surface area (Å²) >= 11 is 1.26. The first-order valence-electron chi connectivity index (χ1n) is 22.2. The molecule has 2 atom stereocenters. The molecule has 0 spiro atoms. The monoisotopic (exact) mass is 919 g/mol. The number of aromatic nitrogens is 3. The molecule has 19 heteroatoms. The highest BCUT2D eigenvalue weighted by molar-refractivity contribution is 7.13. The fraction of sp³-hybridized carbons (Fsp3) is 0.383.